The standard InChI is InChI=1S/C14H19F3N2O/c1-18-12-5-3-7-19(10-12)9-11-4-2-6-13(8-11)20-14(15,16)17/h2,4,6,8,12,18H,3,5,7,9-10H2,1H3. The topological polar surface area (TPSA) is 24.5 Å². The monoisotopic (exact) mass is 288 g/mol. The Labute approximate surface area is 116 Å². The summed E-state index contributed by atoms with van der Waals surface area (Å²) >= 11 is 0. The van der Waals surface area contributed by atoms with Crippen LogP contribution >= 0.6 is 0 Å². The summed E-state index contributed by atoms with van der Waals surface area (Å²) in [6.07, 6.45) is -2.39. The van der Waals surface area contributed by atoms with Crippen LogP contribution in [0.15, 0.2) is 24.3 Å². The summed E-state index contributed by atoms with van der Waals surface area (Å²) in [5.41, 5.74) is 0.837. The molecule has 1 N–H and O–H groups in total. The Morgan fingerprint density at radius 1 is 1.40 bits per heavy atom. The van der Waals surface area contributed by atoms with Gasteiger partial charge in [0, 0.05) is 19.1 Å². The molecule has 0 aromatic heterocycles. The number of likely N-dealkylation sites (N-methyl/N-ethyl adjacent to an activating group) is 1. The fourth-order valence-electron chi connectivity index (χ4n) is 2.53. The fraction of sp³-hybridized carbons (Fsp3) is 0.571. The fourth-order valence-corrected chi connectivity index (χ4v) is 2.53. The Morgan fingerprint density at radius 3 is 2.90 bits per heavy atom. The lowest BCUT2D eigenvalue weighted by atomic mass is 10.1. The summed E-state index contributed by atoms with van der Waals surface area (Å²) in [4.78, 5) is 2.25. The summed E-state index contributed by atoms with van der Waals surface area (Å²) in [7, 11) is 1.94. The molecule has 1 saturated heterocycles. The molecule has 1 aliphatic heterocycles. The van der Waals surface area contributed by atoms with Crippen LogP contribution in [-0.2, 0) is 6.54 Å². The summed E-state index contributed by atoms with van der Waals surface area (Å²) < 4.78 is 40.5. The van der Waals surface area contributed by atoms with E-state index in [1.807, 2.05) is 13.1 Å². The molecule has 3 nitrogen and oxygen atoms in total. The third-order valence-electron chi connectivity index (χ3n) is 3.45. The molecule has 0 bridgehead atoms. The molecule has 1 unspecified atom stereocenters. The molecule has 112 valence electrons. The van der Waals surface area contributed by atoms with Gasteiger partial charge in [0.2, 0.25) is 0 Å². The molecular weight excluding hydrogens is 269 g/mol. The van der Waals surface area contributed by atoms with E-state index in [0.717, 1.165) is 31.5 Å². The quantitative estimate of drug-likeness (QED) is 0.922. The van der Waals surface area contributed by atoms with E-state index in [1.165, 1.54) is 12.1 Å². The van der Waals surface area contributed by atoms with Gasteiger partial charge in [-0.15, -0.1) is 13.2 Å². The minimum atomic E-state index is -4.64. The zero-order chi connectivity index (χ0) is 14.6. The molecule has 2 rings (SSSR count). The summed E-state index contributed by atoms with van der Waals surface area (Å²) in [5, 5.41) is 3.25. The van der Waals surface area contributed by atoms with Crippen LogP contribution in [0, 0.1) is 0 Å². The van der Waals surface area contributed by atoms with Crippen molar-refractivity contribution in [2.75, 3.05) is 20.1 Å². The molecule has 0 radical (unpaired) electrons. The number of hydrogen-bond donors (Lipinski definition) is 1. The van der Waals surface area contributed by atoms with Gasteiger partial charge in [-0.1, -0.05) is 12.1 Å². The van der Waals surface area contributed by atoms with Gasteiger partial charge >= 0.3 is 6.36 Å². The second-order valence-corrected chi connectivity index (χ2v) is 5.06. The number of benzene rings is 1. The lowest BCUT2D eigenvalue weighted by Gasteiger charge is -2.32. The number of hydrogen-bond acceptors (Lipinski definition) is 3. The second kappa shape index (κ2) is 6.45. The van der Waals surface area contributed by atoms with Gasteiger partial charge in [0.05, 0.1) is 0 Å². The number of nitrogens with one attached hydrogen (secondary N) is 1. The first-order chi connectivity index (χ1) is 9.46. The lowest BCUT2D eigenvalue weighted by Crippen LogP contribution is -2.43. The molecule has 1 heterocycles. The van der Waals surface area contributed by atoms with Crippen molar-refractivity contribution in [2.24, 2.45) is 0 Å². The maximum Gasteiger partial charge on any atom is 0.573 e. The van der Waals surface area contributed by atoms with Crippen LogP contribution in [0.1, 0.15) is 18.4 Å². The van der Waals surface area contributed by atoms with Crippen LogP contribution < -0.4 is 10.1 Å². The van der Waals surface area contributed by atoms with E-state index in [4.69, 9.17) is 0 Å². The number of alkyl halides is 3. The predicted octanol–water partition coefficient (Wildman–Crippen LogP) is 2.77. The van der Waals surface area contributed by atoms with Gasteiger partial charge in [0.25, 0.3) is 0 Å². The highest BCUT2D eigenvalue weighted by molar-refractivity contribution is 5.28. The Balaban J connectivity index is 1.97. The third-order valence-corrected chi connectivity index (χ3v) is 3.45. The van der Waals surface area contributed by atoms with Gasteiger partial charge in [0.1, 0.15) is 5.75 Å². The van der Waals surface area contributed by atoms with Crippen molar-refractivity contribution in [3.8, 4) is 5.75 Å². The van der Waals surface area contributed by atoms with Crippen molar-refractivity contribution < 1.29 is 17.9 Å². The van der Waals surface area contributed by atoms with Crippen LogP contribution in [-0.4, -0.2) is 37.4 Å². The molecule has 0 saturated carbocycles. The van der Waals surface area contributed by atoms with Gasteiger partial charge in [0.15, 0.2) is 0 Å². The molecule has 6 heteroatoms. The average molecular weight is 288 g/mol. The van der Waals surface area contributed by atoms with Gasteiger partial charge in [-0.2, -0.15) is 0 Å². The highest BCUT2D eigenvalue weighted by atomic mass is 19.4. The Bertz CT molecular complexity index is 437. The smallest absolute Gasteiger partial charge is 0.406 e. The van der Waals surface area contributed by atoms with Gasteiger partial charge in [-0.3, -0.25) is 4.90 Å². The minimum absolute atomic E-state index is 0.155. The Morgan fingerprint density at radius 2 is 2.20 bits per heavy atom. The van der Waals surface area contributed by atoms with Crippen LogP contribution in [0.3, 0.4) is 0 Å². The lowest BCUT2D eigenvalue weighted by molar-refractivity contribution is -0.274. The summed E-state index contributed by atoms with van der Waals surface area (Å²) in [6.45, 7) is 2.54. The molecular formula is C14H19F3N2O. The number of nitrogens with zero attached hydrogens (tertiary/aromatic N) is 1. The van der Waals surface area contributed by atoms with Gasteiger partial charge in [-0.05, 0) is 44.1 Å². The Hall–Kier alpha value is -1.27. The van der Waals surface area contributed by atoms with E-state index in [2.05, 4.69) is 15.0 Å². The molecule has 0 aliphatic carbocycles. The third kappa shape index (κ3) is 4.68. The minimum Gasteiger partial charge on any atom is -0.406 e. The normalized spacial score (nSPS) is 20.9. The zero-order valence-electron chi connectivity index (χ0n) is 11.4. The number of halogens is 3. The zero-order valence-corrected chi connectivity index (χ0v) is 11.4. The molecule has 1 aromatic rings. The largest absolute Gasteiger partial charge is 0.573 e. The van der Waals surface area contributed by atoms with E-state index >= 15 is 0 Å². The van der Waals surface area contributed by atoms with Gasteiger partial charge in [-0.25, -0.2) is 0 Å². The molecule has 1 fully saturated rings. The van der Waals surface area contributed by atoms with E-state index in [1.54, 1.807) is 6.07 Å². The van der Waals surface area contributed by atoms with E-state index in [0.29, 0.717) is 12.6 Å². The summed E-state index contributed by atoms with van der Waals surface area (Å²) in [5.74, 6) is -0.155. The van der Waals surface area contributed by atoms with Crippen LogP contribution in [0.25, 0.3) is 0 Å². The van der Waals surface area contributed by atoms with E-state index < -0.39 is 6.36 Å². The van der Waals surface area contributed by atoms with Crippen molar-refractivity contribution in [3.63, 3.8) is 0 Å². The molecule has 1 aromatic carbocycles. The second-order valence-electron chi connectivity index (χ2n) is 5.06. The van der Waals surface area contributed by atoms with Crippen molar-refractivity contribution >= 4 is 0 Å². The van der Waals surface area contributed by atoms with Crippen LogP contribution in [0.4, 0.5) is 13.2 Å². The number of piperidine rings is 1. The first kappa shape index (κ1) is 15.1. The highest BCUT2D eigenvalue weighted by Gasteiger charge is 2.31. The molecule has 0 spiro atoms. The number of likely N-dealkylation sites (tertiary alicyclic amines) is 1. The van der Waals surface area contributed by atoms with Crippen molar-refractivity contribution in [2.45, 2.75) is 31.8 Å². The van der Waals surface area contributed by atoms with Crippen LogP contribution in [0.2, 0.25) is 0 Å². The maximum atomic E-state index is 12.2. The van der Waals surface area contributed by atoms with Crippen LogP contribution in [0.5, 0.6) is 5.75 Å². The van der Waals surface area contributed by atoms with Crippen molar-refractivity contribution in [3.05, 3.63) is 29.8 Å². The average Bonchev–Trinajstić information content (AvgIpc) is 2.37. The number of rotatable bonds is 4. The van der Waals surface area contributed by atoms with Crippen molar-refractivity contribution in [1.29, 1.82) is 0 Å². The Kier molecular flexibility index (Phi) is 4.88. The van der Waals surface area contributed by atoms with E-state index in [9.17, 15) is 13.2 Å². The molecule has 20 heavy (non-hydrogen) atoms. The first-order valence-corrected chi connectivity index (χ1v) is 6.70. The first-order valence-electron chi connectivity index (χ1n) is 6.70. The number of ether oxygens (including phenoxy) is 1. The molecule has 1 aliphatic rings. The molecule has 1 atom stereocenters. The van der Waals surface area contributed by atoms with E-state index in [-0.39, 0.29) is 5.75 Å². The SMILES string of the molecule is CNC1CCCN(Cc2cccc(OC(F)(F)F)c2)C1. The predicted molar refractivity (Wildman–Crippen MR) is 70.5 cm³/mol. The van der Waals surface area contributed by atoms with Gasteiger partial charge < -0.3 is 10.1 Å². The van der Waals surface area contributed by atoms with Crippen molar-refractivity contribution in [1.82, 2.24) is 10.2 Å². The summed E-state index contributed by atoms with van der Waals surface area (Å²) in [6, 6.07) is 6.65. The molecule has 0 amide bonds. The maximum absolute atomic E-state index is 12.2. The highest BCUT2D eigenvalue weighted by Crippen LogP contribution is 2.24.